The maximum atomic E-state index is 12.8. The molecule has 1 heterocycles. The van der Waals surface area contributed by atoms with Crippen molar-refractivity contribution in [2.24, 2.45) is 0 Å². The molecule has 0 aliphatic rings. The number of anilines is 1. The fraction of sp³-hybridized carbons (Fsp3) is 0.176. The number of nitrogens with two attached hydrogens (primary N) is 1. The predicted octanol–water partition coefficient (Wildman–Crippen LogP) is 2.51. The van der Waals surface area contributed by atoms with Crippen molar-refractivity contribution >= 4 is 32.6 Å². The molecular formula is C17H17N3O2S. The Labute approximate surface area is 138 Å². The van der Waals surface area contributed by atoms with Gasteiger partial charge in [-0.1, -0.05) is 41.7 Å². The fourth-order valence-corrected chi connectivity index (χ4v) is 3.21. The molecule has 0 saturated carbocycles. The number of nitrogens with zero attached hydrogens (tertiary/aromatic N) is 2. The third-order valence-electron chi connectivity index (χ3n) is 3.53. The van der Waals surface area contributed by atoms with Crippen molar-refractivity contribution in [1.82, 2.24) is 9.88 Å². The summed E-state index contributed by atoms with van der Waals surface area (Å²) in [5, 5.41) is 9.75. The molecule has 5 nitrogen and oxygen atoms in total. The molecule has 0 bridgehead atoms. The number of nitrogen functional groups attached to an aromatic ring is 1. The van der Waals surface area contributed by atoms with Gasteiger partial charge in [0.25, 0.3) is 5.91 Å². The lowest BCUT2D eigenvalue weighted by Crippen LogP contribution is -2.33. The van der Waals surface area contributed by atoms with E-state index in [1.165, 1.54) is 11.3 Å². The van der Waals surface area contributed by atoms with Crippen molar-refractivity contribution < 1.29 is 9.90 Å². The van der Waals surface area contributed by atoms with Gasteiger partial charge in [0.15, 0.2) is 5.13 Å². The molecule has 0 aliphatic carbocycles. The predicted molar refractivity (Wildman–Crippen MR) is 92.3 cm³/mol. The number of aliphatic hydroxyl groups is 1. The number of aliphatic hydroxyl groups excluding tert-OH is 1. The van der Waals surface area contributed by atoms with E-state index in [1.54, 1.807) is 23.1 Å². The largest absolute Gasteiger partial charge is 0.395 e. The van der Waals surface area contributed by atoms with Crippen molar-refractivity contribution in [3.05, 3.63) is 59.7 Å². The Morgan fingerprint density at radius 2 is 2.00 bits per heavy atom. The molecule has 1 amide bonds. The Kier molecular flexibility index (Phi) is 4.55. The number of aromatic nitrogens is 1. The molecule has 118 valence electrons. The van der Waals surface area contributed by atoms with Crippen LogP contribution in [-0.4, -0.2) is 34.0 Å². The topological polar surface area (TPSA) is 79.5 Å². The Bertz CT molecular complexity index is 817. The molecule has 6 heteroatoms. The molecule has 0 unspecified atom stereocenters. The zero-order valence-electron chi connectivity index (χ0n) is 12.5. The normalized spacial score (nSPS) is 10.8. The molecule has 1 aromatic heterocycles. The van der Waals surface area contributed by atoms with Gasteiger partial charge in [-0.25, -0.2) is 4.98 Å². The number of fused-ring (bicyclic) bond motifs is 1. The Hall–Kier alpha value is -2.44. The zero-order chi connectivity index (χ0) is 16.2. The molecule has 3 rings (SSSR count). The average Bonchev–Trinajstić information content (AvgIpc) is 2.94. The summed E-state index contributed by atoms with van der Waals surface area (Å²) >= 11 is 1.36. The smallest absolute Gasteiger partial charge is 0.254 e. The van der Waals surface area contributed by atoms with Crippen LogP contribution in [0.3, 0.4) is 0 Å². The average molecular weight is 327 g/mol. The summed E-state index contributed by atoms with van der Waals surface area (Å²) in [5.74, 6) is -0.114. The van der Waals surface area contributed by atoms with Gasteiger partial charge in [-0.2, -0.15) is 0 Å². The lowest BCUT2D eigenvalue weighted by atomic mass is 10.1. The van der Waals surface area contributed by atoms with Crippen LogP contribution in [0, 0.1) is 0 Å². The molecule has 0 saturated heterocycles. The van der Waals surface area contributed by atoms with E-state index in [2.05, 4.69) is 4.98 Å². The standard InChI is InChI=1S/C17H17N3O2S/c18-17-19-14-7-6-13(10-15(14)23-17)16(22)20(8-9-21)11-12-4-2-1-3-5-12/h1-7,10,21H,8-9,11H2,(H2,18,19). The van der Waals surface area contributed by atoms with Crippen LogP contribution in [0.1, 0.15) is 15.9 Å². The van der Waals surface area contributed by atoms with Crippen LogP contribution in [0.5, 0.6) is 0 Å². The first-order chi connectivity index (χ1) is 11.2. The number of carbonyl (C=O) groups excluding carboxylic acids is 1. The molecule has 0 aliphatic heterocycles. The Balaban J connectivity index is 1.86. The summed E-state index contributed by atoms with van der Waals surface area (Å²) in [6.07, 6.45) is 0. The number of carbonyl (C=O) groups is 1. The molecule has 0 fully saturated rings. The van der Waals surface area contributed by atoms with E-state index >= 15 is 0 Å². The number of hydrogen-bond acceptors (Lipinski definition) is 5. The van der Waals surface area contributed by atoms with Crippen LogP contribution in [0.15, 0.2) is 48.5 Å². The third-order valence-corrected chi connectivity index (χ3v) is 4.37. The van der Waals surface area contributed by atoms with Crippen molar-refractivity contribution in [3.63, 3.8) is 0 Å². The van der Waals surface area contributed by atoms with Gasteiger partial charge in [-0.05, 0) is 23.8 Å². The molecule has 3 N–H and O–H groups in total. The van der Waals surface area contributed by atoms with Crippen molar-refractivity contribution in [3.8, 4) is 0 Å². The van der Waals surface area contributed by atoms with Crippen LogP contribution in [-0.2, 0) is 6.54 Å². The van der Waals surface area contributed by atoms with E-state index in [-0.39, 0.29) is 19.1 Å². The van der Waals surface area contributed by atoms with Gasteiger partial charge in [0, 0.05) is 18.7 Å². The van der Waals surface area contributed by atoms with E-state index in [4.69, 9.17) is 5.73 Å². The summed E-state index contributed by atoms with van der Waals surface area (Å²) < 4.78 is 0.886. The minimum Gasteiger partial charge on any atom is -0.395 e. The highest BCUT2D eigenvalue weighted by Gasteiger charge is 2.17. The van der Waals surface area contributed by atoms with Crippen LogP contribution in [0.2, 0.25) is 0 Å². The van der Waals surface area contributed by atoms with Gasteiger partial charge < -0.3 is 15.7 Å². The van der Waals surface area contributed by atoms with Crippen molar-refractivity contribution in [1.29, 1.82) is 0 Å². The zero-order valence-corrected chi connectivity index (χ0v) is 13.3. The third kappa shape index (κ3) is 3.49. The highest BCUT2D eigenvalue weighted by Crippen LogP contribution is 2.25. The van der Waals surface area contributed by atoms with Gasteiger partial charge in [0.05, 0.1) is 16.8 Å². The fourth-order valence-electron chi connectivity index (χ4n) is 2.43. The van der Waals surface area contributed by atoms with E-state index in [0.717, 1.165) is 15.8 Å². The quantitative estimate of drug-likeness (QED) is 0.754. The Morgan fingerprint density at radius 1 is 1.22 bits per heavy atom. The number of thiazole rings is 1. The number of benzene rings is 2. The minimum atomic E-state index is -0.114. The maximum Gasteiger partial charge on any atom is 0.254 e. The monoisotopic (exact) mass is 327 g/mol. The van der Waals surface area contributed by atoms with E-state index in [1.807, 2.05) is 30.3 Å². The first-order valence-electron chi connectivity index (χ1n) is 7.27. The van der Waals surface area contributed by atoms with Gasteiger partial charge >= 0.3 is 0 Å². The molecule has 3 aromatic rings. The minimum absolute atomic E-state index is 0.0751. The summed E-state index contributed by atoms with van der Waals surface area (Å²) in [6.45, 7) is 0.675. The molecular weight excluding hydrogens is 310 g/mol. The number of amides is 1. The summed E-state index contributed by atoms with van der Waals surface area (Å²) in [4.78, 5) is 18.6. The summed E-state index contributed by atoms with van der Waals surface area (Å²) in [7, 11) is 0. The second-order valence-electron chi connectivity index (χ2n) is 5.17. The Morgan fingerprint density at radius 3 is 2.74 bits per heavy atom. The highest BCUT2D eigenvalue weighted by atomic mass is 32.1. The lowest BCUT2D eigenvalue weighted by molar-refractivity contribution is 0.0708. The molecule has 23 heavy (non-hydrogen) atoms. The molecule has 2 aromatic carbocycles. The van der Waals surface area contributed by atoms with Crippen LogP contribution >= 0.6 is 11.3 Å². The first kappa shape index (κ1) is 15.5. The second-order valence-corrected chi connectivity index (χ2v) is 6.23. The lowest BCUT2D eigenvalue weighted by Gasteiger charge is -2.22. The van der Waals surface area contributed by atoms with E-state index in [0.29, 0.717) is 17.2 Å². The molecule has 0 spiro atoms. The maximum absolute atomic E-state index is 12.8. The van der Waals surface area contributed by atoms with Crippen molar-refractivity contribution in [2.45, 2.75) is 6.54 Å². The van der Waals surface area contributed by atoms with Crippen LogP contribution in [0.4, 0.5) is 5.13 Å². The van der Waals surface area contributed by atoms with E-state index < -0.39 is 0 Å². The molecule has 0 radical (unpaired) electrons. The molecule has 0 atom stereocenters. The van der Waals surface area contributed by atoms with Gasteiger partial charge in [-0.3, -0.25) is 4.79 Å². The van der Waals surface area contributed by atoms with Crippen molar-refractivity contribution in [2.75, 3.05) is 18.9 Å². The second kappa shape index (κ2) is 6.76. The van der Waals surface area contributed by atoms with Crippen LogP contribution < -0.4 is 5.73 Å². The van der Waals surface area contributed by atoms with Gasteiger partial charge in [-0.15, -0.1) is 0 Å². The van der Waals surface area contributed by atoms with Gasteiger partial charge in [0.2, 0.25) is 0 Å². The highest BCUT2D eigenvalue weighted by molar-refractivity contribution is 7.22. The first-order valence-corrected chi connectivity index (χ1v) is 8.09. The summed E-state index contributed by atoms with van der Waals surface area (Å²) in [5.41, 5.74) is 8.10. The van der Waals surface area contributed by atoms with Crippen LogP contribution in [0.25, 0.3) is 10.2 Å². The number of hydrogen-bond donors (Lipinski definition) is 2. The summed E-state index contributed by atoms with van der Waals surface area (Å²) in [6, 6.07) is 15.1. The van der Waals surface area contributed by atoms with Gasteiger partial charge in [0.1, 0.15) is 0 Å². The SMILES string of the molecule is Nc1nc2ccc(C(=O)N(CCO)Cc3ccccc3)cc2s1. The van der Waals surface area contributed by atoms with E-state index in [9.17, 15) is 9.90 Å². The number of rotatable bonds is 5.